The van der Waals surface area contributed by atoms with E-state index in [1.54, 1.807) is 31.9 Å². The summed E-state index contributed by atoms with van der Waals surface area (Å²) in [5.74, 6) is -2.51. The summed E-state index contributed by atoms with van der Waals surface area (Å²) >= 11 is 1.71. The Morgan fingerprint density at radius 1 is 0.921 bits per heavy atom. The van der Waals surface area contributed by atoms with Gasteiger partial charge in [0.1, 0.15) is 0 Å². The maximum Gasteiger partial charge on any atom is 0.328 e. The first-order valence-electron chi connectivity index (χ1n) is 12.1. The molecule has 0 unspecified atom stereocenters. The predicted molar refractivity (Wildman–Crippen MR) is 148 cm³/mol. The van der Waals surface area contributed by atoms with Gasteiger partial charge in [0.2, 0.25) is 10.0 Å². The molecule has 1 fully saturated rings. The monoisotopic (exact) mass is 562 g/mol. The van der Waals surface area contributed by atoms with Crippen molar-refractivity contribution < 1.29 is 28.2 Å². The first-order chi connectivity index (χ1) is 18.0. The number of nitrogens with zero attached hydrogens (tertiary/aromatic N) is 4. The van der Waals surface area contributed by atoms with Crippen molar-refractivity contribution in [2.45, 2.75) is 21.1 Å². The Labute approximate surface area is 228 Å². The van der Waals surface area contributed by atoms with Gasteiger partial charge in [0.25, 0.3) is 0 Å². The normalized spacial score (nSPS) is 16.1. The number of rotatable bonds is 8. The minimum absolute atomic E-state index is 0.343. The van der Waals surface area contributed by atoms with Gasteiger partial charge in [-0.05, 0) is 50.3 Å². The quantitative estimate of drug-likeness (QED) is 0.465. The van der Waals surface area contributed by atoms with Crippen LogP contribution < -0.4 is 4.90 Å². The number of likely N-dealkylation sites (N-methyl/N-ethyl adjacent to an activating group) is 1. The highest BCUT2D eigenvalue weighted by atomic mass is 32.2. The Bertz CT molecular complexity index is 1260. The highest BCUT2D eigenvalue weighted by Crippen LogP contribution is 2.48. The van der Waals surface area contributed by atoms with E-state index >= 15 is 0 Å². The van der Waals surface area contributed by atoms with Gasteiger partial charge in [0.05, 0.1) is 16.3 Å². The van der Waals surface area contributed by atoms with Gasteiger partial charge in [0.15, 0.2) is 0 Å². The fraction of sp³-hybridized carbons (Fsp3) is 0.385. The molecule has 0 spiro atoms. The van der Waals surface area contributed by atoms with Gasteiger partial charge in [-0.25, -0.2) is 22.3 Å². The van der Waals surface area contributed by atoms with Gasteiger partial charge in [-0.2, -0.15) is 0 Å². The summed E-state index contributed by atoms with van der Waals surface area (Å²) in [5.41, 5.74) is 2.15. The molecule has 0 amide bonds. The van der Waals surface area contributed by atoms with E-state index in [1.807, 2.05) is 12.1 Å². The molecule has 12 heteroatoms. The number of piperazine rings is 1. The number of fused-ring (bicyclic) bond motifs is 2. The van der Waals surface area contributed by atoms with Crippen LogP contribution in [-0.4, -0.2) is 105 Å². The number of hydrogen-bond acceptors (Lipinski definition) is 8. The molecule has 0 atom stereocenters. The summed E-state index contributed by atoms with van der Waals surface area (Å²) in [4.78, 5) is 29.0. The Hall–Kier alpha value is -2.90. The molecule has 10 nitrogen and oxygen atoms in total. The van der Waals surface area contributed by atoms with Gasteiger partial charge in [-0.15, -0.1) is 0 Å². The predicted octanol–water partition coefficient (Wildman–Crippen LogP) is 2.89. The van der Waals surface area contributed by atoms with Crippen molar-refractivity contribution in [1.82, 2.24) is 14.1 Å². The summed E-state index contributed by atoms with van der Waals surface area (Å²) in [7, 11) is 1.86. The van der Waals surface area contributed by atoms with Crippen LogP contribution >= 0.6 is 11.8 Å². The molecule has 2 aliphatic rings. The third kappa shape index (κ3) is 7.81. The topological polar surface area (TPSA) is 122 Å². The van der Waals surface area contributed by atoms with Gasteiger partial charge < -0.3 is 24.9 Å². The fourth-order valence-corrected chi connectivity index (χ4v) is 6.09. The second-order valence-corrected chi connectivity index (χ2v) is 12.4. The van der Waals surface area contributed by atoms with Crippen LogP contribution in [0.15, 0.2) is 69.3 Å². The zero-order valence-corrected chi connectivity index (χ0v) is 23.4. The van der Waals surface area contributed by atoms with E-state index in [4.69, 9.17) is 10.2 Å². The molecule has 2 aromatic carbocycles. The summed E-state index contributed by atoms with van der Waals surface area (Å²) in [6.07, 6.45) is 2.15. The van der Waals surface area contributed by atoms with Crippen molar-refractivity contribution in [3.8, 4) is 0 Å². The minimum Gasteiger partial charge on any atom is -0.478 e. The second-order valence-electron chi connectivity index (χ2n) is 9.15. The maximum absolute atomic E-state index is 12.7. The number of aliphatic carboxylic acids is 2. The Morgan fingerprint density at radius 3 is 2.13 bits per heavy atom. The number of anilines is 2. The van der Waals surface area contributed by atoms with Crippen molar-refractivity contribution in [2.75, 3.05) is 65.3 Å². The molecule has 0 radical (unpaired) electrons. The molecule has 206 valence electrons. The number of carbonyl (C=O) groups is 2. The van der Waals surface area contributed by atoms with Crippen molar-refractivity contribution in [3.05, 3.63) is 54.6 Å². The molecule has 1 saturated heterocycles. The van der Waals surface area contributed by atoms with Crippen molar-refractivity contribution in [2.24, 2.45) is 0 Å². The average molecular weight is 563 g/mol. The highest BCUT2D eigenvalue weighted by molar-refractivity contribution is 7.99. The summed E-state index contributed by atoms with van der Waals surface area (Å²) in [6.45, 7) is 6.40. The molecule has 0 bridgehead atoms. The van der Waals surface area contributed by atoms with E-state index in [1.165, 1.54) is 9.20 Å². The van der Waals surface area contributed by atoms with Crippen LogP contribution in [-0.2, 0) is 19.6 Å². The smallest absolute Gasteiger partial charge is 0.328 e. The fourth-order valence-electron chi connectivity index (χ4n) is 4.09. The molecule has 2 aromatic rings. The Kier molecular flexibility index (Phi) is 10.3. The molecule has 0 aromatic heterocycles. The van der Waals surface area contributed by atoms with Gasteiger partial charge in [0, 0.05) is 68.8 Å². The van der Waals surface area contributed by atoms with E-state index in [9.17, 15) is 18.0 Å². The standard InChI is InChI=1S/C22H30N4O2S2.C4H4O4/c1-23(2)30(27,28)18-9-10-22-20(17-18)26(19-7-4-5-8-21(19)29-22)12-6-11-25-15-13-24(3)14-16-25;5-3(6)1-2-4(7)8/h4-5,7-10,17H,6,11-16H2,1-3H3;1-2H,(H,5,6)(H,7,8). The van der Waals surface area contributed by atoms with E-state index in [2.05, 4.69) is 46.0 Å². The van der Waals surface area contributed by atoms with Gasteiger partial charge in [-0.1, -0.05) is 23.9 Å². The summed E-state index contributed by atoms with van der Waals surface area (Å²) in [6, 6.07) is 13.9. The lowest BCUT2D eigenvalue weighted by molar-refractivity contribution is -0.134. The SMILES string of the molecule is CN1CCN(CCCN2c3ccccc3Sc3ccc(S(=O)(=O)N(C)C)cc32)CC1.O=C(O)C=CC(=O)O. The average Bonchev–Trinajstić information content (AvgIpc) is 2.88. The van der Waals surface area contributed by atoms with Crippen molar-refractivity contribution in [3.63, 3.8) is 0 Å². The van der Waals surface area contributed by atoms with Crippen LogP contribution in [0.2, 0.25) is 0 Å². The van der Waals surface area contributed by atoms with E-state index in [-0.39, 0.29) is 0 Å². The lowest BCUT2D eigenvalue weighted by Crippen LogP contribution is -2.45. The third-order valence-corrected chi connectivity index (χ3v) is 9.14. The minimum atomic E-state index is -3.47. The number of carboxylic acid groups (broad SMARTS) is 2. The lowest BCUT2D eigenvalue weighted by Gasteiger charge is -2.35. The maximum atomic E-state index is 12.7. The molecule has 38 heavy (non-hydrogen) atoms. The first kappa shape index (κ1) is 29.7. The summed E-state index contributed by atoms with van der Waals surface area (Å²) < 4.78 is 26.7. The number of hydrogen-bond donors (Lipinski definition) is 2. The van der Waals surface area contributed by atoms with Crippen LogP contribution in [0.4, 0.5) is 11.4 Å². The Morgan fingerprint density at radius 2 is 1.53 bits per heavy atom. The largest absolute Gasteiger partial charge is 0.478 e. The zero-order valence-electron chi connectivity index (χ0n) is 21.8. The molecule has 2 heterocycles. The highest BCUT2D eigenvalue weighted by Gasteiger charge is 2.26. The van der Waals surface area contributed by atoms with Gasteiger partial charge >= 0.3 is 11.9 Å². The molecule has 2 aliphatic heterocycles. The number of carboxylic acids is 2. The molecule has 0 saturated carbocycles. The molecule has 0 aliphatic carbocycles. The summed E-state index contributed by atoms with van der Waals surface area (Å²) in [5, 5.41) is 15.6. The first-order valence-corrected chi connectivity index (χ1v) is 14.4. The van der Waals surface area contributed by atoms with Crippen LogP contribution in [0.3, 0.4) is 0 Å². The third-order valence-electron chi connectivity index (χ3n) is 6.20. The number of para-hydroxylation sites is 1. The van der Waals surface area contributed by atoms with E-state index < -0.39 is 22.0 Å². The molecular weight excluding hydrogens is 528 g/mol. The van der Waals surface area contributed by atoms with Crippen LogP contribution in [0, 0.1) is 0 Å². The molecule has 4 rings (SSSR count). The van der Waals surface area contributed by atoms with Crippen LogP contribution in [0.25, 0.3) is 0 Å². The molecule has 2 N–H and O–H groups in total. The lowest BCUT2D eigenvalue weighted by atomic mass is 10.2. The number of benzene rings is 2. The van der Waals surface area contributed by atoms with Crippen molar-refractivity contribution >= 4 is 45.1 Å². The van der Waals surface area contributed by atoms with Gasteiger partial charge in [-0.3, -0.25) is 0 Å². The zero-order chi connectivity index (χ0) is 27.9. The van der Waals surface area contributed by atoms with Crippen molar-refractivity contribution in [1.29, 1.82) is 0 Å². The number of sulfonamides is 1. The molecular formula is C26H34N4O6S2. The van der Waals surface area contributed by atoms with Crippen LogP contribution in [0.5, 0.6) is 0 Å². The Balaban J connectivity index is 0.000000436. The second kappa shape index (κ2) is 13.3. The van der Waals surface area contributed by atoms with E-state index in [0.29, 0.717) is 17.0 Å². The van der Waals surface area contributed by atoms with Crippen LogP contribution in [0.1, 0.15) is 6.42 Å². The van der Waals surface area contributed by atoms with E-state index in [0.717, 1.165) is 62.0 Å².